The number of rotatable bonds is 3. The molecule has 1 nitrogen and oxygen atoms in total. The van der Waals surface area contributed by atoms with Crippen molar-refractivity contribution in [2.45, 2.75) is 31.6 Å². The van der Waals surface area contributed by atoms with Crippen molar-refractivity contribution >= 4 is 23.1 Å². The molecule has 2 N–H and O–H groups in total. The first kappa shape index (κ1) is 14.1. The van der Waals surface area contributed by atoms with Crippen LogP contribution in [-0.4, -0.2) is 5.75 Å². The molecule has 106 valence electrons. The lowest BCUT2D eigenvalue weighted by molar-refractivity contribution is 0.621. The van der Waals surface area contributed by atoms with Gasteiger partial charge >= 0.3 is 0 Å². The Labute approximate surface area is 127 Å². The van der Waals surface area contributed by atoms with Gasteiger partial charge < -0.3 is 5.73 Å². The normalized spacial score (nSPS) is 15.9. The van der Waals surface area contributed by atoms with E-state index >= 15 is 0 Å². The first-order valence-electron chi connectivity index (χ1n) is 6.83. The molecule has 1 aliphatic heterocycles. The van der Waals surface area contributed by atoms with E-state index in [9.17, 15) is 4.39 Å². The minimum absolute atomic E-state index is 0.0314. The van der Waals surface area contributed by atoms with Crippen LogP contribution in [-0.2, 0) is 18.6 Å². The van der Waals surface area contributed by atoms with Crippen LogP contribution in [0.5, 0.6) is 0 Å². The number of thiophene rings is 1. The zero-order chi connectivity index (χ0) is 14.1. The lowest BCUT2D eigenvalue weighted by Gasteiger charge is -2.12. The smallest absolute Gasteiger partial charge is 0.123 e. The van der Waals surface area contributed by atoms with Gasteiger partial charge in [0.05, 0.1) is 0 Å². The van der Waals surface area contributed by atoms with Crippen LogP contribution in [0.25, 0.3) is 0 Å². The van der Waals surface area contributed by atoms with Crippen LogP contribution in [0.3, 0.4) is 0 Å². The van der Waals surface area contributed by atoms with Crippen LogP contribution < -0.4 is 5.73 Å². The summed E-state index contributed by atoms with van der Waals surface area (Å²) >= 11 is 3.83. The Morgan fingerprint density at radius 1 is 1.35 bits per heavy atom. The van der Waals surface area contributed by atoms with E-state index in [-0.39, 0.29) is 11.9 Å². The zero-order valence-corrected chi connectivity index (χ0v) is 13.1. The highest BCUT2D eigenvalue weighted by molar-refractivity contribution is 7.98. The van der Waals surface area contributed by atoms with Gasteiger partial charge in [-0.25, -0.2) is 4.39 Å². The van der Waals surface area contributed by atoms with Crippen molar-refractivity contribution in [3.05, 3.63) is 56.5 Å². The summed E-state index contributed by atoms with van der Waals surface area (Å²) in [6.07, 6.45) is 1.87. The standard InChI is InChI=1S/C16H18FNS2/c1-10-2-3-13(17)6-11(10)7-14(18)16-8-12-9-19-5-4-15(12)20-16/h2-3,6,8,14H,4-5,7,9,18H2,1H3. The van der Waals surface area contributed by atoms with Crippen LogP contribution in [0.1, 0.15) is 32.5 Å². The van der Waals surface area contributed by atoms with Crippen LogP contribution in [0, 0.1) is 12.7 Å². The Morgan fingerprint density at radius 2 is 2.20 bits per heavy atom. The minimum Gasteiger partial charge on any atom is -0.323 e. The average molecular weight is 307 g/mol. The molecule has 1 aromatic carbocycles. The maximum absolute atomic E-state index is 13.3. The monoisotopic (exact) mass is 307 g/mol. The molecular weight excluding hydrogens is 289 g/mol. The summed E-state index contributed by atoms with van der Waals surface area (Å²) in [5.74, 6) is 2.14. The van der Waals surface area contributed by atoms with Gasteiger partial charge in [-0.3, -0.25) is 0 Å². The third kappa shape index (κ3) is 2.92. The molecule has 2 heterocycles. The predicted molar refractivity (Wildman–Crippen MR) is 86.0 cm³/mol. The number of fused-ring (bicyclic) bond motifs is 1. The first-order chi connectivity index (χ1) is 9.63. The maximum atomic E-state index is 13.3. The number of hydrogen-bond acceptors (Lipinski definition) is 3. The van der Waals surface area contributed by atoms with Crippen LogP contribution in [0.4, 0.5) is 4.39 Å². The minimum atomic E-state index is -0.181. The van der Waals surface area contributed by atoms with Gasteiger partial charge in [0.25, 0.3) is 0 Å². The molecule has 1 atom stereocenters. The number of aryl methyl sites for hydroxylation is 2. The molecule has 0 spiro atoms. The predicted octanol–water partition coefficient (Wildman–Crippen LogP) is 4.23. The molecule has 1 aliphatic rings. The Morgan fingerprint density at radius 3 is 3.00 bits per heavy atom. The van der Waals surface area contributed by atoms with Crippen LogP contribution >= 0.6 is 23.1 Å². The third-order valence-electron chi connectivity index (χ3n) is 3.76. The van der Waals surface area contributed by atoms with Gasteiger partial charge in [-0.15, -0.1) is 11.3 Å². The van der Waals surface area contributed by atoms with Gasteiger partial charge in [0, 0.05) is 21.5 Å². The van der Waals surface area contributed by atoms with Crippen molar-refractivity contribution in [3.63, 3.8) is 0 Å². The van der Waals surface area contributed by atoms with E-state index < -0.39 is 0 Å². The highest BCUT2D eigenvalue weighted by Crippen LogP contribution is 2.34. The Hall–Kier alpha value is -0.840. The Balaban J connectivity index is 1.80. The highest BCUT2D eigenvalue weighted by atomic mass is 32.2. The molecule has 0 aliphatic carbocycles. The fraction of sp³-hybridized carbons (Fsp3) is 0.375. The van der Waals surface area contributed by atoms with Crippen molar-refractivity contribution in [2.75, 3.05) is 5.75 Å². The van der Waals surface area contributed by atoms with E-state index in [1.165, 1.54) is 27.1 Å². The van der Waals surface area contributed by atoms with Crippen molar-refractivity contribution in [1.29, 1.82) is 0 Å². The average Bonchev–Trinajstić information content (AvgIpc) is 2.87. The number of nitrogens with two attached hydrogens (primary N) is 1. The molecule has 20 heavy (non-hydrogen) atoms. The molecule has 2 aromatic rings. The molecule has 1 unspecified atom stereocenters. The number of hydrogen-bond donors (Lipinski definition) is 1. The van der Waals surface area contributed by atoms with E-state index in [1.54, 1.807) is 6.07 Å². The first-order valence-corrected chi connectivity index (χ1v) is 8.80. The second-order valence-corrected chi connectivity index (χ2v) is 7.55. The second-order valence-electron chi connectivity index (χ2n) is 5.28. The molecule has 4 heteroatoms. The quantitative estimate of drug-likeness (QED) is 0.918. The van der Waals surface area contributed by atoms with E-state index in [2.05, 4.69) is 6.07 Å². The molecule has 0 saturated carbocycles. The molecule has 0 radical (unpaired) electrons. The summed E-state index contributed by atoms with van der Waals surface area (Å²) in [5, 5.41) is 0. The van der Waals surface area contributed by atoms with Crippen molar-refractivity contribution in [3.8, 4) is 0 Å². The molecule has 0 saturated heterocycles. The molecule has 0 bridgehead atoms. The fourth-order valence-electron chi connectivity index (χ4n) is 2.55. The van der Waals surface area contributed by atoms with Crippen LogP contribution in [0.15, 0.2) is 24.3 Å². The van der Waals surface area contributed by atoms with Crippen LogP contribution in [0.2, 0.25) is 0 Å². The number of thioether (sulfide) groups is 1. The van der Waals surface area contributed by atoms with Gasteiger partial charge in [-0.1, -0.05) is 6.07 Å². The highest BCUT2D eigenvalue weighted by Gasteiger charge is 2.18. The van der Waals surface area contributed by atoms with Gasteiger partial charge in [0.15, 0.2) is 0 Å². The number of halogens is 1. The van der Waals surface area contributed by atoms with Gasteiger partial charge in [0.1, 0.15) is 5.82 Å². The molecule has 0 amide bonds. The molecule has 0 fully saturated rings. The summed E-state index contributed by atoms with van der Waals surface area (Å²) in [5.41, 5.74) is 9.91. The Kier molecular flexibility index (Phi) is 4.15. The van der Waals surface area contributed by atoms with Gasteiger partial charge in [0.2, 0.25) is 0 Å². The number of benzene rings is 1. The maximum Gasteiger partial charge on any atom is 0.123 e. The van der Waals surface area contributed by atoms with E-state index in [0.717, 1.165) is 23.3 Å². The largest absolute Gasteiger partial charge is 0.323 e. The van der Waals surface area contributed by atoms with E-state index in [4.69, 9.17) is 5.73 Å². The molecule has 3 rings (SSSR count). The van der Waals surface area contributed by atoms with Crippen molar-refractivity contribution < 1.29 is 4.39 Å². The summed E-state index contributed by atoms with van der Waals surface area (Å²) in [6.45, 7) is 2.01. The Bertz CT molecular complexity index is 597. The molecule has 1 aromatic heterocycles. The summed E-state index contributed by atoms with van der Waals surface area (Å²) in [6, 6.07) is 7.17. The summed E-state index contributed by atoms with van der Waals surface area (Å²) < 4.78 is 13.3. The topological polar surface area (TPSA) is 26.0 Å². The van der Waals surface area contributed by atoms with E-state index in [1.807, 2.05) is 36.1 Å². The van der Waals surface area contributed by atoms with Gasteiger partial charge in [-0.05, 0) is 60.4 Å². The summed E-state index contributed by atoms with van der Waals surface area (Å²) in [4.78, 5) is 2.73. The fourth-order valence-corrected chi connectivity index (χ4v) is 4.93. The lowest BCUT2D eigenvalue weighted by atomic mass is 10.0. The van der Waals surface area contributed by atoms with Crippen molar-refractivity contribution in [2.24, 2.45) is 5.73 Å². The van der Waals surface area contributed by atoms with Crippen molar-refractivity contribution in [1.82, 2.24) is 0 Å². The SMILES string of the molecule is Cc1ccc(F)cc1CC(N)c1cc2c(s1)CCSC2. The lowest BCUT2D eigenvalue weighted by Crippen LogP contribution is -2.12. The third-order valence-corrected chi connectivity index (χ3v) is 6.14. The molecular formula is C16H18FNS2. The zero-order valence-electron chi connectivity index (χ0n) is 11.5. The van der Waals surface area contributed by atoms with E-state index in [0.29, 0.717) is 6.42 Å². The van der Waals surface area contributed by atoms with Gasteiger partial charge in [-0.2, -0.15) is 11.8 Å². The second kappa shape index (κ2) is 5.88. The summed E-state index contributed by atoms with van der Waals surface area (Å²) in [7, 11) is 0.